The second kappa shape index (κ2) is 10.0. The third kappa shape index (κ3) is 5.12. The molecule has 4 heterocycles. The number of hydrogen-bond acceptors (Lipinski definition) is 6. The molecule has 5 rings (SSSR count). The highest BCUT2D eigenvalue weighted by molar-refractivity contribution is 6.05. The van der Waals surface area contributed by atoms with Gasteiger partial charge in [-0.05, 0) is 67.4 Å². The Hall–Kier alpha value is -4.46. The van der Waals surface area contributed by atoms with E-state index < -0.39 is 11.9 Å². The van der Waals surface area contributed by atoms with E-state index in [-0.39, 0.29) is 12.0 Å². The molecule has 1 amide bonds. The molecule has 0 fully saturated rings. The lowest BCUT2D eigenvalue weighted by atomic mass is 9.96. The number of aromatic nitrogens is 3. The average molecular weight is 482 g/mol. The van der Waals surface area contributed by atoms with Crippen molar-refractivity contribution in [3.8, 4) is 11.3 Å². The van der Waals surface area contributed by atoms with E-state index in [1.807, 2.05) is 43.3 Å². The van der Waals surface area contributed by atoms with Crippen molar-refractivity contribution in [1.29, 1.82) is 0 Å². The van der Waals surface area contributed by atoms with Gasteiger partial charge in [0.2, 0.25) is 0 Å². The number of nitrogens with zero attached hydrogens (tertiary/aromatic N) is 4. The van der Waals surface area contributed by atoms with Gasteiger partial charge in [-0.15, -0.1) is 0 Å². The Balaban J connectivity index is 1.46. The van der Waals surface area contributed by atoms with Gasteiger partial charge in [-0.1, -0.05) is 17.3 Å². The molecule has 8 heteroatoms. The zero-order valence-corrected chi connectivity index (χ0v) is 19.9. The Morgan fingerprint density at radius 1 is 1.06 bits per heavy atom. The quantitative estimate of drug-likeness (QED) is 0.401. The molecule has 0 spiro atoms. The van der Waals surface area contributed by atoms with Gasteiger partial charge in [0, 0.05) is 41.7 Å². The van der Waals surface area contributed by atoms with Crippen LogP contribution < -0.4 is 5.32 Å². The van der Waals surface area contributed by atoms with Gasteiger partial charge < -0.3 is 10.2 Å². The van der Waals surface area contributed by atoms with Crippen molar-refractivity contribution in [2.24, 2.45) is 5.16 Å². The van der Waals surface area contributed by atoms with Crippen LogP contribution in [0.1, 0.15) is 58.2 Å². The highest BCUT2D eigenvalue weighted by atomic mass is 19.1. The van der Waals surface area contributed by atoms with E-state index in [1.54, 1.807) is 31.5 Å². The van der Waals surface area contributed by atoms with E-state index in [0.29, 0.717) is 17.5 Å². The zero-order chi connectivity index (χ0) is 25.1. The zero-order valence-electron chi connectivity index (χ0n) is 19.9. The lowest BCUT2D eigenvalue weighted by molar-refractivity contribution is 0.0826. The average Bonchev–Trinajstić information content (AvgIpc) is 3.40. The van der Waals surface area contributed by atoms with E-state index in [0.717, 1.165) is 40.0 Å². The molecule has 0 aliphatic carbocycles. The smallest absolute Gasteiger partial charge is 0.251 e. The SMILES string of the molecule is Cc1ccc(-c2cc(C(=O)N[C@H](C)c3cncc(F)c3)cc(C3=NO[C@H](c4ccccn4)C3)c2)nc1. The maximum Gasteiger partial charge on any atom is 0.251 e. The van der Waals surface area contributed by atoms with Crippen LogP contribution in [0.15, 0.2) is 84.5 Å². The van der Waals surface area contributed by atoms with E-state index in [1.165, 1.54) is 12.3 Å². The van der Waals surface area contributed by atoms with Gasteiger partial charge in [-0.3, -0.25) is 19.7 Å². The van der Waals surface area contributed by atoms with Crippen molar-refractivity contribution in [1.82, 2.24) is 20.3 Å². The maximum absolute atomic E-state index is 13.6. The van der Waals surface area contributed by atoms with Gasteiger partial charge in [0.1, 0.15) is 5.82 Å². The van der Waals surface area contributed by atoms with E-state index in [2.05, 4.69) is 25.4 Å². The standard InChI is InChI=1S/C28H24FN5O2/c1-17-6-7-24(32-14-17)19-9-20(26-13-27(36-34-26)25-5-3-4-8-31-25)11-21(10-19)28(35)33-18(2)22-12-23(29)16-30-15-22/h3-12,14-16,18,27H,13H2,1-2H3,(H,33,35)/t18-,27+/m1/s1. The molecule has 0 radical (unpaired) electrons. The summed E-state index contributed by atoms with van der Waals surface area (Å²) in [6, 6.07) is 16.0. The lowest BCUT2D eigenvalue weighted by Crippen LogP contribution is -2.27. The van der Waals surface area contributed by atoms with Gasteiger partial charge >= 0.3 is 0 Å². The van der Waals surface area contributed by atoms with Crippen molar-refractivity contribution in [3.63, 3.8) is 0 Å². The summed E-state index contributed by atoms with van der Waals surface area (Å²) < 4.78 is 13.6. The predicted octanol–water partition coefficient (Wildman–Crippen LogP) is 5.34. The molecule has 0 unspecified atom stereocenters. The number of aryl methyl sites for hydroxylation is 1. The number of nitrogens with one attached hydrogen (secondary N) is 1. The van der Waals surface area contributed by atoms with Crippen LogP contribution >= 0.6 is 0 Å². The molecule has 2 atom stereocenters. The van der Waals surface area contributed by atoms with Crippen LogP contribution in [0.5, 0.6) is 0 Å². The minimum atomic E-state index is -0.454. The molecule has 36 heavy (non-hydrogen) atoms. The fourth-order valence-corrected chi connectivity index (χ4v) is 4.01. The minimum Gasteiger partial charge on any atom is -0.385 e. The van der Waals surface area contributed by atoms with Crippen molar-refractivity contribution < 1.29 is 14.0 Å². The number of carbonyl (C=O) groups is 1. The monoisotopic (exact) mass is 481 g/mol. The van der Waals surface area contributed by atoms with Crippen LogP contribution in [-0.2, 0) is 4.84 Å². The van der Waals surface area contributed by atoms with Crippen LogP contribution in [0, 0.1) is 12.7 Å². The molecule has 1 N–H and O–H groups in total. The van der Waals surface area contributed by atoms with Gasteiger partial charge in [0.25, 0.3) is 5.91 Å². The Morgan fingerprint density at radius 3 is 2.67 bits per heavy atom. The molecule has 1 aromatic carbocycles. The number of pyridine rings is 3. The van der Waals surface area contributed by atoms with Gasteiger partial charge in [0.15, 0.2) is 6.10 Å². The topological polar surface area (TPSA) is 89.4 Å². The van der Waals surface area contributed by atoms with Crippen LogP contribution in [0.4, 0.5) is 4.39 Å². The van der Waals surface area contributed by atoms with E-state index in [4.69, 9.17) is 4.84 Å². The number of carbonyl (C=O) groups excluding carboxylic acids is 1. The van der Waals surface area contributed by atoms with Crippen molar-refractivity contribution in [2.45, 2.75) is 32.4 Å². The molecule has 4 aromatic rings. The van der Waals surface area contributed by atoms with Crippen LogP contribution in [0.3, 0.4) is 0 Å². The second-order valence-electron chi connectivity index (χ2n) is 8.74. The summed E-state index contributed by atoms with van der Waals surface area (Å²) in [5, 5.41) is 7.24. The maximum atomic E-state index is 13.6. The molecule has 180 valence electrons. The number of rotatable bonds is 6. The summed E-state index contributed by atoms with van der Waals surface area (Å²) in [6.07, 6.45) is 6.40. The molecule has 1 aliphatic heterocycles. The fraction of sp³-hybridized carbons (Fsp3) is 0.179. The molecule has 0 saturated carbocycles. The first-order chi connectivity index (χ1) is 17.5. The Labute approximate surface area is 208 Å². The largest absolute Gasteiger partial charge is 0.385 e. The number of oxime groups is 1. The summed E-state index contributed by atoms with van der Waals surface area (Å²) in [6.45, 7) is 3.75. The summed E-state index contributed by atoms with van der Waals surface area (Å²) in [5.74, 6) is -0.757. The lowest BCUT2D eigenvalue weighted by Gasteiger charge is -2.15. The molecule has 0 saturated heterocycles. The number of benzene rings is 1. The number of halogens is 1. The number of hydrogen-bond donors (Lipinski definition) is 1. The highest BCUT2D eigenvalue weighted by Crippen LogP contribution is 2.30. The number of amides is 1. The molecule has 1 aliphatic rings. The van der Waals surface area contributed by atoms with Gasteiger partial charge in [-0.25, -0.2) is 4.39 Å². The van der Waals surface area contributed by atoms with E-state index >= 15 is 0 Å². The molecular formula is C28H24FN5O2. The molecule has 3 aromatic heterocycles. The summed E-state index contributed by atoms with van der Waals surface area (Å²) >= 11 is 0. The molecule has 0 bridgehead atoms. The Kier molecular flexibility index (Phi) is 6.49. The van der Waals surface area contributed by atoms with Gasteiger partial charge in [-0.2, -0.15) is 0 Å². The van der Waals surface area contributed by atoms with Crippen LogP contribution in [0.2, 0.25) is 0 Å². The first-order valence-corrected chi connectivity index (χ1v) is 11.6. The van der Waals surface area contributed by atoms with Crippen LogP contribution in [-0.4, -0.2) is 26.6 Å². The molecular weight excluding hydrogens is 457 g/mol. The highest BCUT2D eigenvalue weighted by Gasteiger charge is 2.26. The van der Waals surface area contributed by atoms with Gasteiger partial charge in [0.05, 0.1) is 29.3 Å². The second-order valence-corrected chi connectivity index (χ2v) is 8.74. The summed E-state index contributed by atoms with van der Waals surface area (Å²) in [5.41, 5.74) is 5.84. The van der Waals surface area contributed by atoms with E-state index in [9.17, 15) is 9.18 Å². The fourth-order valence-electron chi connectivity index (χ4n) is 4.01. The normalized spacial score (nSPS) is 15.6. The minimum absolute atomic E-state index is 0.292. The Bertz CT molecular complexity index is 1420. The van der Waals surface area contributed by atoms with Crippen LogP contribution in [0.25, 0.3) is 11.3 Å². The third-order valence-electron chi connectivity index (χ3n) is 6.00. The Morgan fingerprint density at radius 2 is 1.92 bits per heavy atom. The third-order valence-corrected chi connectivity index (χ3v) is 6.00. The van der Waals surface area contributed by atoms with Crippen molar-refractivity contribution in [3.05, 3.63) is 113 Å². The summed E-state index contributed by atoms with van der Waals surface area (Å²) in [7, 11) is 0. The van der Waals surface area contributed by atoms with Crippen molar-refractivity contribution >= 4 is 11.6 Å². The first-order valence-electron chi connectivity index (χ1n) is 11.6. The molecule has 7 nitrogen and oxygen atoms in total. The van der Waals surface area contributed by atoms with Crippen molar-refractivity contribution in [2.75, 3.05) is 0 Å². The predicted molar refractivity (Wildman–Crippen MR) is 134 cm³/mol. The first kappa shape index (κ1) is 23.3. The summed E-state index contributed by atoms with van der Waals surface area (Å²) in [4.78, 5) is 31.7.